The second-order valence-corrected chi connectivity index (χ2v) is 7.65. The molecule has 0 bridgehead atoms. The molecule has 2 aromatic rings. The number of hydrogen-bond acceptors (Lipinski definition) is 6. The lowest BCUT2D eigenvalue weighted by atomic mass is 10.2. The summed E-state index contributed by atoms with van der Waals surface area (Å²) in [7, 11) is 0. The van der Waals surface area contributed by atoms with Crippen LogP contribution in [0.4, 0.5) is 0 Å². The maximum absolute atomic E-state index is 5.19. The first-order chi connectivity index (χ1) is 14.1. The topological polar surface area (TPSA) is 87.6 Å². The van der Waals surface area contributed by atoms with Gasteiger partial charge in [0.15, 0.2) is 5.96 Å². The highest BCUT2D eigenvalue weighted by Crippen LogP contribution is 2.10. The van der Waals surface area contributed by atoms with Crippen LogP contribution in [0.25, 0.3) is 0 Å². The summed E-state index contributed by atoms with van der Waals surface area (Å²) < 4.78 is 7.27. The van der Waals surface area contributed by atoms with Gasteiger partial charge in [0.1, 0.15) is 17.9 Å². The number of hydrogen-bond donors (Lipinski definition) is 1. The first-order valence-corrected chi connectivity index (χ1v) is 10.7. The second kappa shape index (κ2) is 12.2. The van der Waals surface area contributed by atoms with E-state index in [1.54, 1.807) is 6.33 Å². The van der Waals surface area contributed by atoms with E-state index in [-0.39, 0.29) is 24.0 Å². The summed E-state index contributed by atoms with van der Waals surface area (Å²) in [6.07, 6.45) is 3.74. The lowest BCUT2D eigenvalue weighted by molar-refractivity contribution is 0.168. The van der Waals surface area contributed by atoms with E-state index in [4.69, 9.17) is 9.52 Å². The SMILES string of the molecule is CCc1nncn1CCN=C(NC(C)CC)N1CCN(Cc2cc(C)on2)CC1.I. The summed E-state index contributed by atoms with van der Waals surface area (Å²) in [5.41, 5.74) is 1.00. The van der Waals surface area contributed by atoms with Gasteiger partial charge in [-0.1, -0.05) is 19.0 Å². The minimum atomic E-state index is 0. The molecule has 0 aliphatic carbocycles. The number of nitrogens with one attached hydrogen (secondary N) is 1. The fourth-order valence-electron chi connectivity index (χ4n) is 3.40. The predicted molar refractivity (Wildman–Crippen MR) is 128 cm³/mol. The minimum absolute atomic E-state index is 0. The number of guanidine groups is 1. The normalized spacial score (nSPS) is 16.4. The van der Waals surface area contributed by atoms with Crippen LogP contribution in [0.5, 0.6) is 0 Å². The van der Waals surface area contributed by atoms with Gasteiger partial charge in [-0.3, -0.25) is 9.89 Å². The van der Waals surface area contributed by atoms with Gasteiger partial charge in [-0.15, -0.1) is 34.2 Å². The van der Waals surface area contributed by atoms with Crippen molar-refractivity contribution >= 4 is 29.9 Å². The van der Waals surface area contributed by atoms with Crippen molar-refractivity contribution in [2.45, 2.75) is 59.7 Å². The number of nitrogens with zero attached hydrogens (tertiary/aromatic N) is 7. The van der Waals surface area contributed by atoms with Gasteiger partial charge in [0.05, 0.1) is 12.2 Å². The van der Waals surface area contributed by atoms with E-state index in [1.165, 1.54) is 0 Å². The number of aliphatic imine (C=N–C) groups is 1. The van der Waals surface area contributed by atoms with Crippen molar-refractivity contribution in [1.29, 1.82) is 0 Å². The van der Waals surface area contributed by atoms with Crippen molar-refractivity contribution in [3.05, 3.63) is 29.7 Å². The van der Waals surface area contributed by atoms with Crippen molar-refractivity contribution in [3.8, 4) is 0 Å². The maximum Gasteiger partial charge on any atom is 0.194 e. The van der Waals surface area contributed by atoms with Gasteiger partial charge in [0.25, 0.3) is 0 Å². The first kappa shape index (κ1) is 24.6. The van der Waals surface area contributed by atoms with E-state index in [2.05, 4.69) is 55.8 Å². The van der Waals surface area contributed by atoms with E-state index in [1.807, 2.05) is 13.0 Å². The highest BCUT2D eigenvalue weighted by Gasteiger charge is 2.21. The summed E-state index contributed by atoms with van der Waals surface area (Å²) in [5, 5.41) is 15.9. The lowest BCUT2D eigenvalue weighted by Gasteiger charge is -2.37. The number of rotatable bonds is 8. The molecule has 1 N–H and O–H groups in total. The van der Waals surface area contributed by atoms with Gasteiger partial charge in [0.2, 0.25) is 0 Å². The van der Waals surface area contributed by atoms with E-state index in [0.717, 1.165) is 75.3 Å². The minimum Gasteiger partial charge on any atom is -0.361 e. The van der Waals surface area contributed by atoms with Gasteiger partial charge < -0.3 is 19.3 Å². The quantitative estimate of drug-likeness (QED) is 0.319. The monoisotopic (exact) mass is 530 g/mol. The molecule has 2 aromatic heterocycles. The van der Waals surface area contributed by atoms with Gasteiger partial charge >= 0.3 is 0 Å². The Labute approximate surface area is 196 Å². The molecule has 1 aliphatic heterocycles. The third-order valence-corrected chi connectivity index (χ3v) is 5.34. The Kier molecular flexibility index (Phi) is 10.0. The predicted octanol–water partition coefficient (Wildman–Crippen LogP) is 2.32. The third kappa shape index (κ3) is 6.93. The molecule has 0 radical (unpaired) electrons. The van der Waals surface area contributed by atoms with Gasteiger partial charge in [-0.05, 0) is 20.3 Å². The zero-order chi connectivity index (χ0) is 20.6. The van der Waals surface area contributed by atoms with Gasteiger partial charge in [0, 0.05) is 57.8 Å². The highest BCUT2D eigenvalue weighted by atomic mass is 127. The highest BCUT2D eigenvalue weighted by molar-refractivity contribution is 14.0. The summed E-state index contributed by atoms with van der Waals surface area (Å²) in [6, 6.07) is 2.41. The van der Waals surface area contributed by atoms with Crippen LogP contribution in [-0.2, 0) is 19.5 Å². The largest absolute Gasteiger partial charge is 0.361 e. The molecule has 0 amide bonds. The Morgan fingerprint density at radius 2 is 2.03 bits per heavy atom. The van der Waals surface area contributed by atoms with Gasteiger partial charge in [-0.2, -0.15) is 0 Å². The second-order valence-electron chi connectivity index (χ2n) is 7.65. The fraction of sp³-hybridized carbons (Fsp3) is 0.700. The standard InChI is InChI=1S/C20H34N8O.HI/c1-5-16(3)23-20(21-7-8-28-15-22-24-19(28)6-2)27-11-9-26(10-12-27)14-18-13-17(4)29-25-18;/h13,15-16H,5-12,14H2,1-4H3,(H,21,23);1H. The number of piperazine rings is 1. The van der Waals surface area contributed by atoms with Crippen LogP contribution in [0.2, 0.25) is 0 Å². The lowest BCUT2D eigenvalue weighted by Crippen LogP contribution is -2.53. The molecule has 3 heterocycles. The molecule has 9 nitrogen and oxygen atoms in total. The number of halogens is 1. The Balaban J connectivity index is 0.00000320. The van der Waals surface area contributed by atoms with Crippen LogP contribution in [0, 0.1) is 6.92 Å². The Bertz CT molecular complexity index is 781. The molecule has 168 valence electrons. The smallest absolute Gasteiger partial charge is 0.194 e. The first-order valence-electron chi connectivity index (χ1n) is 10.7. The molecule has 1 unspecified atom stereocenters. The van der Waals surface area contributed by atoms with Crippen LogP contribution in [0.3, 0.4) is 0 Å². The molecule has 1 atom stereocenters. The molecule has 0 spiro atoms. The van der Waals surface area contributed by atoms with E-state index in [0.29, 0.717) is 12.6 Å². The summed E-state index contributed by atoms with van der Waals surface area (Å²) in [4.78, 5) is 9.69. The Hall–Kier alpha value is -1.69. The number of aromatic nitrogens is 4. The van der Waals surface area contributed by atoms with Crippen molar-refractivity contribution in [2.24, 2.45) is 4.99 Å². The summed E-state index contributed by atoms with van der Waals surface area (Å²) >= 11 is 0. The molecule has 0 saturated carbocycles. The molecule has 1 saturated heterocycles. The van der Waals surface area contributed by atoms with Crippen LogP contribution in [-0.4, -0.2) is 74.4 Å². The molecule has 1 fully saturated rings. The van der Waals surface area contributed by atoms with Crippen LogP contribution in [0.15, 0.2) is 21.9 Å². The van der Waals surface area contributed by atoms with Crippen molar-refractivity contribution in [1.82, 2.24) is 35.0 Å². The average molecular weight is 530 g/mol. The van der Waals surface area contributed by atoms with Crippen molar-refractivity contribution in [2.75, 3.05) is 32.7 Å². The van der Waals surface area contributed by atoms with Crippen LogP contribution < -0.4 is 5.32 Å². The Morgan fingerprint density at radius 1 is 1.27 bits per heavy atom. The summed E-state index contributed by atoms with van der Waals surface area (Å²) in [5.74, 6) is 2.88. The average Bonchev–Trinajstić information content (AvgIpc) is 3.36. The van der Waals surface area contributed by atoms with E-state index >= 15 is 0 Å². The maximum atomic E-state index is 5.19. The molecule has 1 aliphatic rings. The summed E-state index contributed by atoms with van der Waals surface area (Å²) in [6.45, 7) is 14.6. The fourth-order valence-corrected chi connectivity index (χ4v) is 3.40. The van der Waals surface area contributed by atoms with E-state index < -0.39 is 0 Å². The molecule has 30 heavy (non-hydrogen) atoms. The molecule has 0 aromatic carbocycles. The third-order valence-electron chi connectivity index (χ3n) is 5.34. The van der Waals surface area contributed by atoms with Crippen LogP contribution >= 0.6 is 24.0 Å². The van der Waals surface area contributed by atoms with E-state index in [9.17, 15) is 0 Å². The Morgan fingerprint density at radius 3 is 2.67 bits per heavy atom. The van der Waals surface area contributed by atoms with Crippen molar-refractivity contribution < 1.29 is 4.52 Å². The van der Waals surface area contributed by atoms with Crippen molar-refractivity contribution in [3.63, 3.8) is 0 Å². The van der Waals surface area contributed by atoms with Crippen LogP contribution in [0.1, 0.15) is 44.5 Å². The zero-order valence-electron chi connectivity index (χ0n) is 18.5. The molecule has 10 heteroatoms. The molecular formula is C20H35IN8O. The molecular weight excluding hydrogens is 495 g/mol. The van der Waals surface area contributed by atoms with Gasteiger partial charge in [-0.25, -0.2) is 0 Å². The zero-order valence-corrected chi connectivity index (χ0v) is 20.9. The molecule has 3 rings (SSSR count). The number of aryl methyl sites for hydroxylation is 2.